The van der Waals surface area contributed by atoms with Gasteiger partial charge in [0.25, 0.3) is 0 Å². The molecule has 1 aliphatic rings. The van der Waals surface area contributed by atoms with Crippen LogP contribution >= 0.6 is 0 Å². The molecule has 0 saturated carbocycles. The minimum atomic E-state index is -0.231. The minimum Gasteiger partial charge on any atom is -0.490 e. The summed E-state index contributed by atoms with van der Waals surface area (Å²) in [6, 6.07) is 25.4. The van der Waals surface area contributed by atoms with Crippen molar-refractivity contribution in [2.45, 2.75) is 20.0 Å². The summed E-state index contributed by atoms with van der Waals surface area (Å²) in [5.41, 5.74) is 5.26. The highest BCUT2D eigenvalue weighted by Crippen LogP contribution is 2.33. The minimum absolute atomic E-state index is 0.180. The Hall–Kier alpha value is -4.52. The number of hydrogen-bond acceptors (Lipinski definition) is 6. The molecule has 5 rings (SSSR count). The molecule has 0 unspecified atom stereocenters. The zero-order valence-electron chi connectivity index (χ0n) is 19.9. The highest BCUT2D eigenvalue weighted by Gasteiger charge is 2.14. The molecule has 1 amide bonds. The summed E-state index contributed by atoms with van der Waals surface area (Å²) in [5.74, 6) is 2.37. The number of hydrazone groups is 1. The van der Waals surface area contributed by atoms with Gasteiger partial charge in [0.1, 0.15) is 6.61 Å². The summed E-state index contributed by atoms with van der Waals surface area (Å²) in [7, 11) is 0. The van der Waals surface area contributed by atoms with Crippen LogP contribution in [-0.4, -0.2) is 25.5 Å². The van der Waals surface area contributed by atoms with E-state index in [1.807, 2.05) is 49.4 Å². The van der Waals surface area contributed by atoms with Crippen LogP contribution in [0.4, 0.5) is 0 Å². The molecule has 7 nitrogen and oxygen atoms in total. The Morgan fingerprint density at radius 1 is 0.944 bits per heavy atom. The van der Waals surface area contributed by atoms with Gasteiger partial charge in [-0.3, -0.25) is 4.79 Å². The molecule has 182 valence electrons. The van der Waals surface area contributed by atoms with Gasteiger partial charge in [-0.25, -0.2) is 5.43 Å². The van der Waals surface area contributed by atoms with Gasteiger partial charge in [0.2, 0.25) is 12.7 Å². The molecule has 4 aromatic rings. The lowest BCUT2D eigenvalue weighted by molar-refractivity contribution is -0.120. The molecular weight excluding hydrogens is 456 g/mol. The highest BCUT2D eigenvalue weighted by atomic mass is 16.7. The number of ether oxygens (including phenoxy) is 4. The van der Waals surface area contributed by atoms with E-state index in [0.29, 0.717) is 36.2 Å². The molecule has 1 aliphatic heterocycles. The Balaban J connectivity index is 1.21. The first kappa shape index (κ1) is 23.2. The van der Waals surface area contributed by atoms with E-state index in [-0.39, 0.29) is 19.1 Å². The second-order valence-electron chi connectivity index (χ2n) is 8.22. The van der Waals surface area contributed by atoms with Crippen molar-refractivity contribution in [1.29, 1.82) is 0 Å². The Morgan fingerprint density at radius 2 is 1.81 bits per heavy atom. The molecule has 0 aliphatic carbocycles. The van der Waals surface area contributed by atoms with E-state index in [4.69, 9.17) is 18.9 Å². The highest BCUT2D eigenvalue weighted by molar-refractivity contribution is 5.86. The third-order valence-electron chi connectivity index (χ3n) is 5.74. The number of benzene rings is 4. The van der Waals surface area contributed by atoms with Crippen LogP contribution in [0, 0.1) is 0 Å². The van der Waals surface area contributed by atoms with Gasteiger partial charge in [0.15, 0.2) is 23.0 Å². The molecule has 0 fully saturated rings. The Labute approximate surface area is 209 Å². The second-order valence-corrected chi connectivity index (χ2v) is 8.22. The number of amides is 1. The lowest BCUT2D eigenvalue weighted by atomic mass is 10.1. The predicted molar refractivity (Wildman–Crippen MR) is 138 cm³/mol. The van der Waals surface area contributed by atoms with Crippen molar-refractivity contribution in [3.05, 3.63) is 95.6 Å². The number of carbonyl (C=O) groups is 1. The van der Waals surface area contributed by atoms with E-state index in [1.165, 1.54) is 10.8 Å². The number of rotatable bonds is 9. The summed E-state index contributed by atoms with van der Waals surface area (Å²) in [5, 5.41) is 6.43. The van der Waals surface area contributed by atoms with E-state index in [1.54, 1.807) is 18.3 Å². The molecule has 0 saturated heterocycles. The molecule has 1 N–H and O–H groups in total. The van der Waals surface area contributed by atoms with Gasteiger partial charge in [-0.15, -0.1) is 0 Å². The number of hydrogen-bond donors (Lipinski definition) is 1. The van der Waals surface area contributed by atoms with Gasteiger partial charge >= 0.3 is 0 Å². The van der Waals surface area contributed by atoms with Crippen LogP contribution in [0.15, 0.2) is 84.0 Å². The average Bonchev–Trinajstić information content (AvgIpc) is 3.36. The molecule has 1 heterocycles. The fourth-order valence-corrected chi connectivity index (χ4v) is 4.02. The maximum atomic E-state index is 12.3. The van der Waals surface area contributed by atoms with E-state index < -0.39 is 0 Å². The maximum absolute atomic E-state index is 12.3. The van der Waals surface area contributed by atoms with Crippen molar-refractivity contribution in [2.75, 3.05) is 13.4 Å². The lowest BCUT2D eigenvalue weighted by Crippen LogP contribution is -2.19. The largest absolute Gasteiger partial charge is 0.490 e. The van der Waals surface area contributed by atoms with Crippen LogP contribution in [-0.2, 0) is 17.8 Å². The van der Waals surface area contributed by atoms with Crippen LogP contribution in [0.1, 0.15) is 23.6 Å². The Bertz CT molecular complexity index is 1410. The SMILES string of the molecule is CCOc1cc(/C=N\NC(=O)Cc2ccc3c(c2)OCO3)ccc1OCc1cccc2ccccc12. The lowest BCUT2D eigenvalue weighted by Gasteiger charge is -2.13. The normalized spacial score (nSPS) is 12.1. The molecule has 4 aromatic carbocycles. The molecule has 0 bridgehead atoms. The molecule has 7 heteroatoms. The van der Waals surface area contributed by atoms with Crippen molar-refractivity contribution in [3.63, 3.8) is 0 Å². The molecule has 0 atom stereocenters. The average molecular weight is 483 g/mol. The third-order valence-corrected chi connectivity index (χ3v) is 5.74. The van der Waals surface area contributed by atoms with Crippen LogP contribution in [0.25, 0.3) is 10.8 Å². The first-order valence-corrected chi connectivity index (χ1v) is 11.8. The monoisotopic (exact) mass is 482 g/mol. The second kappa shape index (κ2) is 10.8. The molecule has 0 radical (unpaired) electrons. The summed E-state index contributed by atoms with van der Waals surface area (Å²) in [6.45, 7) is 3.04. The fraction of sp³-hybridized carbons (Fsp3) is 0.172. The van der Waals surface area contributed by atoms with E-state index in [2.05, 4.69) is 34.8 Å². The van der Waals surface area contributed by atoms with E-state index >= 15 is 0 Å². The van der Waals surface area contributed by atoms with Gasteiger partial charge < -0.3 is 18.9 Å². The standard InChI is InChI=1S/C29H26N2O5/c1-2-33-27-15-21(17-30-31-29(32)16-20-10-12-26-28(14-20)36-19-35-26)11-13-25(27)34-18-23-8-5-7-22-6-3-4-9-24(22)23/h3-15,17H,2,16,18-19H2,1H3,(H,31,32)/b30-17-. The summed E-state index contributed by atoms with van der Waals surface area (Å²) >= 11 is 0. The van der Waals surface area contributed by atoms with Gasteiger partial charge in [0.05, 0.1) is 19.2 Å². The van der Waals surface area contributed by atoms with Gasteiger partial charge in [-0.1, -0.05) is 48.5 Å². The molecule has 0 spiro atoms. The Morgan fingerprint density at radius 3 is 2.72 bits per heavy atom. The van der Waals surface area contributed by atoms with Gasteiger partial charge in [-0.05, 0) is 64.7 Å². The summed E-state index contributed by atoms with van der Waals surface area (Å²) in [4.78, 5) is 12.3. The van der Waals surface area contributed by atoms with Crippen LogP contribution in [0.5, 0.6) is 23.0 Å². The van der Waals surface area contributed by atoms with E-state index in [0.717, 1.165) is 16.7 Å². The first-order valence-electron chi connectivity index (χ1n) is 11.8. The van der Waals surface area contributed by atoms with Crippen molar-refractivity contribution in [3.8, 4) is 23.0 Å². The van der Waals surface area contributed by atoms with Crippen molar-refractivity contribution >= 4 is 22.9 Å². The van der Waals surface area contributed by atoms with Crippen molar-refractivity contribution in [1.82, 2.24) is 5.43 Å². The number of nitrogens with zero attached hydrogens (tertiary/aromatic N) is 1. The number of nitrogens with one attached hydrogen (secondary N) is 1. The zero-order valence-corrected chi connectivity index (χ0v) is 19.9. The summed E-state index contributed by atoms with van der Waals surface area (Å²) < 4.78 is 22.6. The first-order chi connectivity index (χ1) is 17.7. The van der Waals surface area contributed by atoms with Crippen LogP contribution < -0.4 is 24.4 Å². The summed E-state index contributed by atoms with van der Waals surface area (Å²) in [6.07, 6.45) is 1.76. The van der Waals surface area contributed by atoms with Gasteiger partial charge in [-0.2, -0.15) is 5.10 Å². The predicted octanol–water partition coefficient (Wildman–Crippen LogP) is 5.24. The topological polar surface area (TPSA) is 78.4 Å². The van der Waals surface area contributed by atoms with Crippen LogP contribution in [0.2, 0.25) is 0 Å². The zero-order chi connectivity index (χ0) is 24.7. The quantitative estimate of drug-likeness (QED) is 0.261. The van der Waals surface area contributed by atoms with Gasteiger partial charge in [0, 0.05) is 0 Å². The Kier molecular flexibility index (Phi) is 6.98. The third kappa shape index (κ3) is 5.41. The van der Waals surface area contributed by atoms with Crippen LogP contribution in [0.3, 0.4) is 0 Å². The van der Waals surface area contributed by atoms with Crippen molar-refractivity contribution < 1.29 is 23.7 Å². The molecular formula is C29H26N2O5. The molecule has 0 aromatic heterocycles. The fourth-order valence-electron chi connectivity index (χ4n) is 4.02. The van der Waals surface area contributed by atoms with E-state index in [9.17, 15) is 4.79 Å². The number of carbonyl (C=O) groups excluding carboxylic acids is 1. The van der Waals surface area contributed by atoms with Crippen molar-refractivity contribution in [2.24, 2.45) is 5.10 Å². The smallest absolute Gasteiger partial charge is 0.244 e. The molecule has 36 heavy (non-hydrogen) atoms. The maximum Gasteiger partial charge on any atom is 0.244 e. The number of fused-ring (bicyclic) bond motifs is 2.